The maximum absolute atomic E-state index is 14.1. The molecule has 0 bridgehead atoms. The summed E-state index contributed by atoms with van der Waals surface area (Å²) in [5, 5.41) is 7.21. The van der Waals surface area contributed by atoms with E-state index < -0.39 is 6.04 Å². The number of hydrazone groups is 1. The van der Waals surface area contributed by atoms with E-state index in [0.717, 1.165) is 31.0 Å². The third-order valence-corrected chi connectivity index (χ3v) is 8.32. The lowest BCUT2D eigenvalue weighted by Crippen LogP contribution is -2.27. The first-order chi connectivity index (χ1) is 20.4. The third-order valence-electron chi connectivity index (χ3n) is 7.30. The van der Waals surface area contributed by atoms with Gasteiger partial charge in [-0.15, -0.1) is 0 Å². The molecule has 0 saturated heterocycles. The molecule has 1 aromatic heterocycles. The molecule has 0 unspecified atom stereocenters. The van der Waals surface area contributed by atoms with Crippen molar-refractivity contribution in [2.45, 2.75) is 12.5 Å². The Bertz CT molecular complexity index is 1880. The van der Waals surface area contributed by atoms with Crippen LogP contribution in [0.2, 0.25) is 0 Å². The van der Waals surface area contributed by atoms with E-state index in [0.29, 0.717) is 40.3 Å². The molecule has 5 aromatic rings. The number of hydrogen-bond donors (Lipinski definition) is 1. The van der Waals surface area contributed by atoms with Crippen LogP contribution in [-0.2, 0) is 0 Å². The molecule has 2 heterocycles. The topological polar surface area (TPSA) is 84.0 Å². The molecule has 1 atom stereocenters. The number of aromatic nitrogens is 1. The lowest BCUT2D eigenvalue weighted by Gasteiger charge is -2.22. The highest BCUT2D eigenvalue weighted by Gasteiger charge is 2.36. The second kappa shape index (κ2) is 11.6. The van der Waals surface area contributed by atoms with Gasteiger partial charge in [-0.3, -0.25) is 9.59 Å². The molecule has 0 fully saturated rings. The molecular formula is C33H25Br2N3O4. The predicted molar refractivity (Wildman–Crippen MR) is 171 cm³/mol. The third kappa shape index (κ3) is 5.26. The van der Waals surface area contributed by atoms with Crippen molar-refractivity contribution in [2.75, 3.05) is 14.2 Å². The number of fused-ring (bicyclic) bond motifs is 1. The average Bonchev–Trinajstić information content (AvgIpc) is 3.45. The van der Waals surface area contributed by atoms with Gasteiger partial charge in [-0.2, -0.15) is 5.10 Å². The molecule has 9 heteroatoms. The number of H-pyrrole nitrogens is 1. The molecule has 1 aliphatic rings. The van der Waals surface area contributed by atoms with Crippen LogP contribution in [-0.4, -0.2) is 35.8 Å². The van der Waals surface area contributed by atoms with Crippen molar-refractivity contribution in [3.63, 3.8) is 0 Å². The summed E-state index contributed by atoms with van der Waals surface area (Å²) in [4.78, 5) is 31.0. The number of nitrogens with one attached hydrogen (secondary N) is 1. The van der Waals surface area contributed by atoms with Gasteiger partial charge in [-0.05, 0) is 53.6 Å². The molecule has 1 aliphatic heterocycles. The van der Waals surface area contributed by atoms with Crippen LogP contribution in [0.5, 0.6) is 11.5 Å². The van der Waals surface area contributed by atoms with Crippen LogP contribution in [0.25, 0.3) is 22.0 Å². The Hall–Kier alpha value is -4.21. The van der Waals surface area contributed by atoms with E-state index in [1.165, 1.54) is 19.2 Å². The lowest BCUT2D eigenvalue weighted by atomic mass is 9.91. The van der Waals surface area contributed by atoms with Crippen molar-refractivity contribution in [2.24, 2.45) is 5.10 Å². The molecule has 0 aliphatic carbocycles. The van der Waals surface area contributed by atoms with Gasteiger partial charge in [0, 0.05) is 43.5 Å². The zero-order chi connectivity index (χ0) is 29.4. The minimum Gasteiger partial charge on any atom is -0.497 e. The molecule has 0 spiro atoms. The summed E-state index contributed by atoms with van der Waals surface area (Å²) in [6, 6.07) is 27.9. The summed E-state index contributed by atoms with van der Waals surface area (Å²) in [5.41, 5.74) is 4.30. The molecule has 4 aromatic carbocycles. The van der Waals surface area contributed by atoms with Gasteiger partial charge in [0.05, 0.1) is 31.5 Å². The Morgan fingerprint density at radius 2 is 1.52 bits per heavy atom. The van der Waals surface area contributed by atoms with Gasteiger partial charge in [-0.25, -0.2) is 5.01 Å². The molecular weight excluding hydrogens is 662 g/mol. The number of aromatic amines is 1. The number of rotatable bonds is 6. The van der Waals surface area contributed by atoms with Crippen molar-refractivity contribution in [1.29, 1.82) is 0 Å². The number of halogens is 2. The Labute approximate surface area is 259 Å². The first kappa shape index (κ1) is 27.9. The summed E-state index contributed by atoms with van der Waals surface area (Å²) in [7, 11) is 3.07. The van der Waals surface area contributed by atoms with E-state index in [4.69, 9.17) is 14.6 Å². The number of methoxy groups -OCH3 is 2. The number of amides is 1. The fourth-order valence-corrected chi connectivity index (χ4v) is 5.93. The zero-order valence-corrected chi connectivity index (χ0v) is 25.9. The molecule has 7 nitrogen and oxygen atoms in total. The standard InChI is InChI=1S/C33H25Br2N3O4/c1-41-24-14-21(15-25(17-24)42-2)33(40)38-29(19-8-10-22(34)11-9-19)18-28(37-38)31-30(20-6-4-3-5-7-20)26-16-23(35)12-13-27(26)36-32(31)39/h3-17,29H,18H2,1-2H3,(H,36,39)/t29-/m0/s1. The second-order valence-electron chi connectivity index (χ2n) is 9.83. The highest BCUT2D eigenvalue weighted by molar-refractivity contribution is 9.10. The highest BCUT2D eigenvalue weighted by Crippen LogP contribution is 2.39. The fourth-order valence-electron chi connectivity index (χ4n) is 5.30. The minimum absolute atomic E-state index is 0.269. The molecule has 0 radical (unpaired) electrons. The first-order valence-electron chi connectivity index (χ1n) is 13.2. The van der Waals surface area contributed by atoms with Gasteiger partial charge >= 0.3 is 0 Å². The number of carbonyl (C=O) groups excluding carboxylic acids is 1. The normalized spacial score (nSPS) is 14.6. The summed E-state index contributed by atoms with van der Waals surface area (Å²) in [5.74, 6) is 0.643. The van der Waals surface area contributed by atoms with E-state index in [9.17, 15) is 9.59 Å². The summed E-state index contributed by atoms with van der Waals surface area (Å²) >= 11 is 7.09. The van der Waals surface area contributed by atoms with E-state index >= 15 is 0 Å². The van der Waals surface area contributed by atoms with E-state index in [-0.39, 0.29) is 11.5 Å². The van der Waals surface area contributed by atoms with Crippen LogP contribution >= 0.6 is 31.9 Å². The van der Waals surface area contributed by atoms with Crippen LogP contribution in [0.3, 0.4) is 0 Å². The highest BCUT2D eigenvalue weighted by atomic mass is 79.9. The second-order valence-corrected chi connectivity index (χ2v) is 11.7. The summed E-state index contributed by atoms with van der Waals surface area (Å²) in [6.45, 7) is 0. The molecule has 210 valence electrons. The van der Waals surface area contributed by atoms with Gasteiger partial charge in [0.1, 0.15) is 11.5 Å². The molecule has 42 heavy (non-hydrogen) atoms. The van der Waals surface area contributed by atoms with Crippen LogP contribution in [0.4, 0.5) is 0 Å². The van der Waals surface area contributed by atoms with Gasteiger partial charge in [-0.1, -0.05) is 74.3 Å². The number of ether oxygens (including phenoxy) is 2. The quantitative estimate of drug-likeness (QED) is 0.198. The predicted octanol–water partition coefficient (Wildman–Crippen LogP) is 7.73. The number of hydrogen-bond acceptors (Lipinski definition) is 5. The fraction of sp³-hybridized carbons (Fsp3) is 0.121. The Morgan fingerprint density at radius 3 is 2.19 bits per heavy atom. The van der Waals surface area contributed by atoms with E-state index in [1.807, 2.05) is 72.8 Å². The van der Waals surface area contributed by atoms with Crippen molar-refractivity contribution < 1.29 is 14.3 Å². The van der Waals surface area contributed by atoms with Crippen LogP contribution < -0.4 is 15.0 Å². The van der Waals surface area contributed by atoms with Crippen LogP contribution in [0, 0.1) is 0 Å². The van der Waals surface area contributed by atoms with Gasteiger partial charge < -0.3 is 14.5 Å². The Morgan fingerprint density at radius 1 is 0.857 bits per heavy atom. The number of nitrogens with zero attached hydrogens (tertiary/aromatic N) is 2. The number of benzene rings is 4. The largest absolute Gasteiger partial charge is 0.497 e. The molecule has 1 N–H and O–H groups in total. The van der Waals surface area contributed by atoms with Crippen molar-refractivity contribution in [3.05, 3.63) is 127 Å². The maximum Gasteiger partial charge on any atom is 0.274 e. The van der Waals surface area contributed by atoms with Crippen molar-refractivity contribution >= 4 is 54.4 Å². The van der Waals surface area contributed by atoms with E-state index in [1.54, 1.807) is 18.2 Å². The zero-order valence-electron chi connectivity index (χ0n) is 22.7. The number of pyridine rings is 1. The SMILES string of the molecule is COc1cc(OC)cc(C(=O)N2N=C(c3c(-c4ccccc4)c4cc(Br)ccc4[nH]c3=O)C[C@H]2c2ccc(Br)cc2)c1. The van der Waals surface area contributed by atoms with Crippen molar-refractivity contribution in [3.8, 4) is 22.6 Å². The minimum atomic E-state index is -0.445. The average molecular weight is 687 g/mol. The summed E-state index contributed by atoms with van der Waals surface area (Å²) < 4.78 is 12.6. The number of carbonyl (C=O) groups is 1. The maximum atomic E-state index is 14.1. The smallest absolute Gasteiger partial charge is 0.274 e. The molecule has 1 amide bonds. The van der Waals surface area contributed by atoms with Gasteiger partial charge in [0.2, 0.25) is 0 Å². The van der Waals surface area contributed by atoms with Gasteiger partial charge in [0.25, 0.3) is 11.5 Å². The first-order valence-corrected chi connectivity index (χ1v) is 14.8. The Kier molecular flexibility index (Phi) is 7.70. The molecule has 0 saturated carbocycles. The monoisotopic (exact) mass is 685 g/mol. The molecule has 6 rings (SSSR count). The van der Waals surface area contributed by atoms with E-state index in [2.05, 4.69) is 36.8 Å². The lowest BCUT2D eigenvalue weighted by molar-refractivity contribution is 0.0710. The van der Waals surface area contributed by atoms with Gasteiger partial charge in [0.15, 0.2) is 0 Å². The summed E-state index contributed by atoms with van der Waals surface area (Å²) in [6.07, 6.45) is 0.344. The van der Waals surface area contributed by atoms with Crippen molar-refractivity contribution in [1.82, 2.24) is 9.99 Å². The Balaban J connectivity index is 1.56. The van der Waals surface area contributed by atoms with Crippen LogP contribution in [0.15, 0.2) is 110 Å². The van der Waals surface area contributed by atoms with Crippen LogP contribution in [0.1, 0.15) is 33.9 Å².